The summed E-state index contributed by atoms with van der Waals surface area (Å²) < 4.78 is 38.2. The number of carbonyl (C=O) groups excluding carboxylic acids is 2. The van der Waals surface area contributed by atoms with Gasteiger partial charge >= 0.3 is 11.9 Å². The van der Waals surface area contributed by atoms with Crippen LogP contribution in [0.1, 0.15) is 0 Å². The third-order valence-electron chi connectivity index (χ3n) is 4.06. The molecule has 0 bridgehead atoms. The molecule has 31 heavy (non-hydrogen) atoms. The zero-order chi connectivity index (χ0) is 22.4. The van der Waals surface area contributed by atoms with Gasteiger partial charge in [-0.15, -0.1) is 0 Å². The Morgan fingerprint density at radius 3 is 2.23 bits per heavy atom. The lowest BCUT2D eigenvalue weighted by Gasteiger charge is -2.23. The quantitative estimate of drug-likeness (QED) is 0.620. The minimum absolute atomic E-state index is 0.0210. The van der Waals surface area contributed by atoms with Crippen molar-refractivity contribution in [2.24, 2.45) is 0 Å². The molecule has 160 valence electrons. The average Bonchev–Trinajstić information content (AvgIpc) is 3.01. The Morgan fingerprint density at radius 1 is 0.968 bits per heavy atom. The molecule has 1 aliphatic heterocycles. The van der Waals surface area contributed by atoms with Crippen molar-refractivity contribution in [1.82, 2.24) is 9.97 Å². The molecule has 0 saturated heterocycles. The Morgan fingerprint density at radius 2 is 1.61 bits per heavy atom. The lowest BCUT2D eigenvalue weighted by molar-refractivity contribution is -0.139. The molecular formula is C20H17N4O6S-. The second-order valence-corrected chi connectivity index (χ2v) is 7.53. The van der Waals surface area contributed by atoms with E-state index in [0.717, 1.165) is 0 Å². The third-order valence-corrected chi connectivity index (χ3v) is 5.33. The van der Waals surface area contributed by atoms with Crippen molar-refractivity contribution in [2.45, 2.75) is 4.90 Å². The van der Waals surface area contributed by atoms with E-state index in [0.29, 0.717) is 5.69 Å². The van der Waals surface area contributed by atoms with E-state index >= 15 is 0 Å². The Bertz CT molecular complexity index is 1170. The zero-order valence-electron chi connectivity index (χ0n) is 16.5. The molecule has 0 atom stereocenters. The van der Waals surface area contributed by atoms with Gasteiger partial charge in [0.25, 0.3) is 0 Å². The number of sulfonamides is 1. The van der Waals surface area contributed by atoms with Crippen LogP contribution >= 0.6 is 0 Å². The van der Waals surface area contributed by atoms with Crippen molar-refractivity contribution >= 4 is 33.6 Å². The van der Waals surface area contributed by atoms with Crippen LogP contribution in [0.15, 0.2) is 83.3 Å². The number of rotatable bonds is 6. The van der Waals surface area contributed by atoms with Gasteiger partial charge in [0.05, 0.1) is 24.7 Å². The van der Waals surface area contributed by atoms with Gasteiger partial charge in [-0.1, -0.05) is 12.1 Å². The fourth-order valence-electron chi connectivity index (χ4n) is 2.64. The van der Waals surface area contributed by atoms with E-state index in [1.165, 1.54) is 68.1 Å². The largest absolute Gasteiger partial charge is 0.465 e. The van der Waals surface area contributed by atoms with E-state index in [4.69, 9.17) is 9.47 Å². The molecule has 0 amide bonds. The van der Waals surface area contributed by atoms with Crippen LogP contribution in [-0.2, 0) is 29.1 Å². The molecule has 11 heteroatoms. The molecule has 0 N–H and O–H groups in total. The van der Waals surface area contributed by atoms with E-state index < -0.39 is 22.0 Å². The van der Waals surface area contributed by atoms with Gasteiger partial charge in [-0.2, -0.15) is 0 Å². The highest BCUT2D eigenvalue weighted by Gasteiger charge is 2.27. The molecule has 1 aromatic carbocycles. The van der Waals surface area contributed by atoms with Crippen LogP contribution in [0.5, 0.6) is 0 Å². The number of methoxy groups -OCH3 is 2. The molecule has 3 rings (SSSR count). The number of esters is 2. The van der Waals surface area contributed by atoms with Crippen molar-refractivity contribution in [2.75, 3.05) is 19.1 Å². The first-order chi connectivity index (χ1) is 14.9. The minimum Gasteiger partial charge on any atom is -0.465 e. The number of hydrogen-bond acceptors (Lipinski definition) is 9. The summed E-state index contributed by atoms with van der Waals surface area (Å²) >= 11 is 0. The first-order valence-corrected chi connectivity index (χ1v) is 10.2. The monoisotopic (exact) mass is 441 g/mol. The van der Waals surface area contributed by atoms with Crippen molar-refractivity contribution in [3.63, 3.8) is 0 Å². The number of ether oxygens (including phenoxy) is 2. The van der Waals surface area contributed by atoms with Gasteiger partial charge in [0.15, 0.2) is 0 Å². The maximum atomic E-state index is 12.5. The first-order valence-electron chi connectivity index (χ1n) is 8.77. The Kier molecular flexibility index (Phi) is 6.46. The highest BCUT2D eigenvalue weighted by molar-refractivity contribution is 7.94. The van der Waals surface area contributed by atoms with Crippen LogP contribution in [0.25, 0.3) is 4.72 Å². The van der Waals surface area contributed by atoms with Crippen molar-refractivity contribution < 1.29 is 27.5 Å². The van der Waals surface area contributed by atoms with Crippen molar-refractivity contribution in [3.8, 4) is 0 Å². The second kappa shape index (κ2) is 9.22. The summed E-state index contributed by atoms with van der Waals surface area (Å²) in [5, 5.41) is 0. The summed E-state index contributed by atoms with van der Waals surface area (Å²) in [4.78, 5) is 33.5. The standard InChI is InChI=1S/C20H17N4O6S/c1-29-18(25)16-6-3-4-13-24(17(16)19(26)30-2)14-7-9-15(10-8-14)31(27,28)23-20-21-11-5-12-22-20/h3-13H,1-2H3/q-1. The molecular weight excluding hydrogens is 424 g/mol. The topological polar surface area (TPSA) is 130 Å². The molecule has 1 aromatic heterocycles. The third kappa shape index (κ3) is 4.78. The molecule has 0 fully saturated rings. The predicted molar refractivity (Wildman–Crippen MR) is 110 cm³/mol. The summed E-state index contributed by atoms with van der Waals surface area (Å²) in [6.45, 7) is 0. The van der Waals surface area contributed by atoms with Gasteiger partial charge in [0.2, 0.25) is 10.0 Å². The van der Waals surface area contributed by atoms with Gasteiger partial charge in [-0.05, 0) is 48.8 Å². The molecule has 2 aromatic rings. The van der Waals surface area contributed by atoms with Crippen LogP contribution < -0.4 is 4.90 Å². The Hall–Kier alpha value is -3.99. The van der Waals surface area contributed by atoms with E-state index in [1.54, 1.807) is 18.2 Å². The molecule has 10 nitrogen and oxygen atoms in total. The average molecular weight is 441 g/mol. The molecule has 0 aliphatic carbocycles. The van der Waals surface area contributed by atoms with Crippen LogP contribution in [0.4, 0.5) is 11.6 Å². The number of aromatic nitrogens is 2. The number of carbonyl (C=O) groups is 2. The highest BCUT2D eigenvalue weighted by atomic mass is 32.2. The van der Waals surface area contributed by atoms with Gasteiger partial charge in [-0.25, -0.2) is 18.0 Å². The SMILES string of the molecule is COC(=O)C1=C(C(=O)OC)N(c2ccc(S(=O)(=O)[N-]c3ncccn3)cc2)C=CC=C1. The molecule has 1 aliphatic rings. The van der Waals surface area contributed by atoms with Crippen LogP contribution in [-0.4, -0.2) is 44.5 Å². The second-order valence-electron chi connectivity index (χ2n) is 5.93. The maximum Gasteiger partial charge on any atom is 0.355 e. The van der Waals surface area contributed by atoms with Crippen LogP contribution in [0.3, 0.4) is 0 Å². The summed E-state index contributed by atoms with van der Waals surface area (Å²) in [5.74, 6) is -1.69. The zero-order valence-corrected chi connectivity index (χ0v) is 17.3. The summed E-state index contributed by atoms with van der Waals surface area (Å²) in [5.41, 5.74) is 0.293. The van der Waals surface area contributed by atoms with Crippen LogP contribution in [0.2, 0.25) is 0 Å². The van der Waals surface area contributed by atoms with Gasteiger partial charge in [0.1, 0.15) is 5.70 Å². The number of hydrogen-bond donors (Lipinski definition) is 0. The molecule has 0 radical (unpaired) electrons. The predicted octanol–water partition coefficient (Wildman–Crippen LogP) is 2.36. The number of allylic oxidation sites excluding steroid dienone is 2. The van der Waals surface area contributed by atoms with Crippen molar-refractivity contribution in [3.05, 3.63) is 83.1 Å². The lowest BCUT2D eigenvalue weighted by Crippen LogP contribution is -2.26. The van der Waals surface area contributed by atoms with Gasteiger partial charge in [-0.3, -0.25) is 4.72 Å². The van der Waals surface area contributed by atoms with Crippen molar-refractivity contribution in [1.29, 1.82) is 0 Å². The Labute approximate surface area is 178 Å². The summed E-state index contributed by atoms with van der Waals surface area (Å²) in [6, 6.07) is 7.09. The van der Waals surface area contributed by atoms with E-state index in [-0.39, 0.29) is 22.1 Å². The van der Waals surface area contributed by atoms with Gasteiger partial charge in [0, 0.05) is 17.8 Å². The normalized spacial score (nSPS) is 13.5. The molecule has 2 heterocycles. The highest BCUT2D eigenvalue weighted by Crippen LogP contribution is 2.29. The van der Waals surface area contributed by atoms with E-state index in [1.807, 2.05) is 0 Å². The van der Waals surface area contributed by atoms with E-state index in [9.17, 15) is 18.0 Å². The smallest absolute Gasteiger partial charge is 0.355 e. The molecule has 0 saturated carbocycles. The summed E-state index contributed by atoms with van der Waals surface area (Å²) in [7, 11) is -1.68. The fraction of sp³-hybridized carbons (Fsp3) is 0.100. The maximum absolute atomic E-state index is 12.5. The lowest BCUT2D eigenvalue weighted by atomic mass is 10.1. The van der Waals surface area contributed by atoms with Crippen LogP contribution in [0, 0.1) is 0 Å². The Balaban J connectivity index is 1.98. The number of nitrogens with zero attached hydrogens (tertiary/aromatic N) is 4. The summed E-state index contributed by atoms with van der Waals surface area (Å²) in [6.07, 6.45) is 8.88. The van der Waals surface area contributed by atoms with E-state index in [2.05, 4.69) is 14.7 Å². The molecule has 0 spiro atoms. The number of anilines is 1. The minimum atomic E-state index is -4.06. The molecule has 0 unspecified atom stereocenters. The van der Waals surface area contributed by atoms with Gasteiger partial charge < -0.3 is 24.3 Å². The number of benzene rings is 1. The first kappa shape index (κ1) is 21.7. The fourth-order valence-corrected chi connectivity index (χ4v) is 3.54.